The van der Waals surface area contributed by atoms with E-state index in [0.717, 1.165) is 12.0 Å². The van der Waals surface area contributed by atoms with E-state index in [1.54, 1.807) is 0 Å². The molecule has 1 aromatic rings. The first kappa shape index (κ1) is 16.9. The molecule has 0 radical (unpaired) electrons. The third kappa shape index (κ3) is 5.09. The van der Waals surface area contributed by atoms with Crippen molar-refractivity contribution in [2.24, 2.45) is 11.7 Å². The molecule has 1 amide bonds. The van der Waals surface area contributed by atoms with Gasteiger partial charge in [-0.3, -0.25) is 4.79 Å². The smallest absolute Gasteiger partial charge is 0.237 e. The maximum absolute atomic E-state index is 12.1. The monoisotopic (exact) mass is 306 g/mol. The molecule has 3 N–H and O–H groups in total. The molecule has 5 heteroatoms. The summed E-state index contributed by atoms with van der Waals surface area (Å²) >= 11 is 0. The molecule has 22 heavy (non-hydrogen) atoms. The molecule has 5 nitrogen and oxygen atoms in total. The van der Waals surface area contributed by atoms with E-state index in [4.69, 9.17) is 15.2 Å². The highest BCUT2D eigenvalue weighted by Crippen LogP contribution is 2.17. The van der Waals surface area contributed by atoms with Crippen molar-refractivity contribution in [1.82, 2.24) is 5.32 Å². The second-order valence-electron chi connectivity index (χ2n) is 6.18. The molecule has 3 atom stereocenters. The molecule has 1 aromatic carbocycles. The number of nitrogens with one attached hydrogen (secondary N) is 1. The van der Waals surface area contributed by atoms with Crippen molar-refractivity contribution in [1.29, 1.82) is 0 Å². The van der Waals surface area contributed by atoms with Crippen molar-refractivity contribution in [3.05, 3.63) is 35.9 Å². The van der Waals surface area contributed by atoms with Gasteiger partial charge >= 0.3 is 0 Å². The Morgan fingerprint density at radius 2 is 2.14 bits per heavy atom. The molecule has 1 aliphatic rings. The van der Waals surface area contributed by atoms with Crippen LogP contribution in [0.4, 0.5) is 0 Å². The Morgan fingerprint density at radius 1 is 1.41 bits per heavy atom. The predicted octanol–water partition coefficient (Wildman–Crippen LogP) is 1.81. The second-order valence-corrected chi connectivity index (χ2v) is 6.18. The minimum Gasteiger partial charge on any atom is -0.350 e. The maximum Gasteiger partial charge on any atom is 0.237 e. The molecular formula is C17H26N2O3. The van der Waals surface area contributed by atoms with Gasteiger partial charge < -0.3 is 20.5 Å². The molecule has 1 fully saturated rings. The summed E-state index contributed by atoms with van der Waals surface area (Å²) in [5, 5.41) is 2.96. The highest BCUT2D eigenvalue weighted by atomic mass is 16.7. The van der Waals surface area contributed by atoms with Crippen LogP contribution in [0.3, 0.4) is 0 Å². The fourth-order valence-electron chi connectivity index (χ4n) is 2.53. The maximum atomic E-state index is 12.1. The first-order chi connectivity index (χ1) is 10.6. The summed E-state index contributed by atoms with van der Waals surface area (Å²) in [4.78, 5) is 12.1. The molecule has 122 valence electrons. The predicted molar refractivity (Wildman–Crippen MR) is 84.9 cm³/mol. The molecule has 0 aliphatic carbocycles. The van der Waals surface area contributed by atoms with E-state index in [2.05, 4.69) is 19.2 Å². The summed E-state index contributed by atoms with van der Waals surface area (Å²) in [6.07, 6.45) is 1.02. The van der Waals surface area contributed by atoms with Gasteiger partial charge in [-0.1, -0.05) is 44.2 Å². The molecule has 1 saturated heterocycles. The van der Waals surface area contributed by atoms with Gasteiger partial charge in [0.05, 0.1) is 25.3 Å². The summed E-state index contributed by atoms with van der Waals surface area (Å²) in [6.45, 7) is 5.16. The number of rotatable bonds is 7. The molecule has 2 rings (SSSR count). The number of hydrogen-bond donors (Lipinski definition) is 2. The van der Waals surface area contributed by atoms with Gasteiger partial charge in [0.15, 0.2) is 6.29 Å². The SMILES string of the molecule is CC(C)C[C@H](N)C(=O)N[C@H]1CCOC1OCc1ccccc1. The Kier molecular flexibility index (Phi) is 6.36. The second kappa shape index (κ2) is 8.27. The number of benzene rings is 1. The van der Waals surface area contributed by atoms with Gasteiger partial charge in [-0.15, -0.1) is 0 Å². The van der Waals surface area contributed by atoms with Gasteiger partial charge in [0, 0.05) is 0 Å². The quantitative estimate of drug-likeness (QED) is 0.806. The summed E-state index contributed by atoms with van der Waals surface area (Å²) in [5.41, 5.74) is 7.00. The lowest BCUT2D eigenvalue weighted by molar-refractivity contribution is -0.139. The molecule has 0 bridgehead atoms. The Labute approximate surface area is 132 Å². The lowest BCUT2D eigenvalue weighted by Crippen LogP contribution is -2.49. The van der Waals surface area contributed by atoms with Crippen LogP contribution in [-0.2, 0) is 20.9 Å². The van der Waals surface area contributed by atoms with Crippen LogP contribution in [0.5, 0.6) is 0 Å². The third-order valence-corrected chi connectivity index (χ3v) is 3.69. The summed E-state index contributed by atoms with van der Waals surface area (Å²) < 4.78 is 11.4. The lowest BCUT2D eigenvalue weighted by atomic mass is 10.0. The van der Waals surface area contributed by atoms with E-state index in [0.29, 0.717) is 25.6 Å². The van der Waals surface area contributed by atoms with E-state index < -0.39 is 12.3 Å². The van der Waals surface area contributed by atoms with Gasteiger partial charge in [-0.2, -0.15) is 0 Å². The van der Waals surface area contributed by atoms with Crippen molar-refractivity contribution in [3.63, 3.8) is 0 Å². The van der Waals surface area contributed by atoms with Crippen LogP contribution in [0.25, 0.3) is 0 Å². The number of amides is 1. The molecule has 1 aliphatic heterocycles. The van der Waals surface area contributed by atoms with Crippen LogP contribution < -0.4 is 11.1 Å². The van der Waals surface area contributed by atoms with E-state index in [9.17, 15) is 4.79 Å². The zero-order chi connectivity index (χ0) is 15.9. The molecule has 0 spiro atoms. The van der Waals surface area contributed by atoms with Crippen molar-refractivity contribution in [2.45, 2.75) is 51.7 Å². The molecule has 1 unspecified atom stereocenters. The van der Waals surface area contributed by atoms with Crippen LogP contribution in [-0.4, -0.2) is 30.9 Å². The average molecular weight is 306 g/mol. The molecular weight excluding hydrogens is 280 g/mol. The molecule has 1 heterocycles. The van der Waals surface area contributed by atoms with Gasteiger partial charge in [-0.25, -0.2) is 0 Å². The Morgan fingerprint density at radius 3 is 2.82 bits per heavy atom. The summed E-state index contributed by atoms with van der Waals surface area (Å²) in [7, 11) is 0. The standard InChI is InChI=1S/C17H26N2O3/c1-12(2)10-14(18)16(20)19-15-8-9-21-17(15)22-11-13-6-4-3-5-7-13/h3-7,12,14-15,17H,8-11,18H2,1-2H3,(H,19,20)/t14-,15-,17?/m0/s1. The third-order valence-electron chi connectivity index (χ3n) is 3.69. The molecule has 0 saturated carbocycles. The fourth-order valence-corrected chi connectivity index (χ4v) is 2.53. The topological polar surface area (TPSA) is 73.6 Å². The van der Waals surface area contributed by atoms with Crippen LogP contribution in [0.15, 0.2) is 30.3 Å². The van der Waals surface area contributed by atoms with E-state index in [-0.39, 0.29) is 11.9 Å². The first-order valence-corrected chi connectivity index (χ1v) is 7.89. The van der Waals surface area contributed by atoms with Crippen molar-refractivity contribution >= 4 is 5.91 Å². The largest absolute Gasteiger partial charge is 0.350 e. The van der Waals surface area contributed by atoms with E-state index in [1.807, 2.05) is 30.3 Å². The zero-order valence-electron chi connectivity index (χ0n) is 13.3. The average Bonchev–Trinajstić information content (AvgIpc) is 2.92. The van der Waals surface area contributed by atoms with Crippen molar-refractivity contribution < 1.29 is 14.3 Å². The Hall–Kier alpha value is -1.43. The Balaban J connectivity index is 1.81. The van der Waals surface area contributed by atoms with Crippen molar-refractivity contribution in [3.8, 4) is 0 Å². The van der Waals surface area contributed by atoms with Crippen LogP contribution >= 0.6 is 0 Å². The minimum atomic E-state index is -0.477. The lowest BCUT2D eigenvalue weighted by Gasteiger charge is -2.22. The number of nitrogens with two attached hydrogens (primary N) is 1. The normalized spacial score (nSPS) is 22.7. The summed E-state index contributed by atoms with van der Waals surface area (Å²) in [6, 6.07) is 9.30. The van der Waals surface area contributed by atoms with Crippen LogP contribution in [0.2, 0.25) is 0 Å². The Bertz CT molecular complexity index is 464. The van der Waals surface area contributed by atoms with Gasteiger partial charge in [0.2, 0.25) is 5.91 Å². The number of carbonyl (C=O) groups is 1. The number of hydrogen-bond acceptors (Lipinski definition) is 4. The van der Waals surface area contributed by atoms with Gasteiger partial charge in [0.1, 0.15) is 0 Å². The van der Waals surface area contributed by atoms with Gasteiger partial charge in [-0.05, 0) is 24.3 Å². The summed E-state index contributed by atoms with van der Waals surface area (Å²) in [5.74, 6) is 0.267. The zero-order valence-corrected chi connectivity index (χ0v) is 13.3. The van der Waals surface area contributed by atoms with E-state index >= 15 is 0 Å². The van der Waals surface area contributed by atoms with Crippen LogP contribution in [0, 0.1) is 5.92 Å². The van der Waals surface area contributed by atoms with Gasteiger partial charge in [0.25, 0.3) is 0 Å². The first-order valence-electron chi connectivity index (χ1n) is 7.89. The fraction of sp³-hybridized carbons (Fsp3) is 0.588. The molecule has 0 aromatic heterocycles. The number of carbonyl (C=O) groups excluding carboxylic acids is 1. The van der Waals surface area contributed by atoms with E-state index in [1.165, 1.54) is 0 Å². The minimum absolute atomic E-state index is 0.127. The highest BCUT2D eigenvalue weighted by Gasteiger charge is 2.31. The van der Waals surface area contributed by atoms with Crippen LogP contribution in [0.1, 0.15) is 32.3 Å². The number of ether oxygens (including phenoxy) is 2. The van der Waals surface area contributed by atoms with Crippen molar-refractivity contribution in [2.75, 3.05) is 6.61 Å². The highest BCUT2D eigenvalue weighted by molar-refractivity contribution is 5.81.